The summed E-state index contributed by atoms with van der Waals surface area (Å²) in [6.45, 7) is 2.18. The summed E-state index contributed by atoms with van der Waals surface area (Å²) in [5, 5.41) is 7.68. The fourth-order valence-electron chi connectivity index (χ4n) is 2.87. The zero-order valence-electron chi connectivity index (χ0n) is 12.3. The van der Waals surface area contributed by atoms with E-state index in [4.69, 9.17) is 5.73 Å². The minimum Gasteiger partial charge on any atom is -0.353 e. The molecule has 21 heavy (non-hydrogen) atoms. The van der Waals surface area contributed by atoms with E-state index in [1.165, 1.54) is 30.6 Å². The van der Waals surface area contributed by atoms with Crippen molar-refractivity contribution in [3.63, 3.8) is 0 Å². The molecule has 1 aliphatic carbocycles. The van der Waals surface area contributed by atoms with Gasteiger partial charge in [0, 0.05) is 10.9 Å². The molecule has 1 heterocycles. The van der Waals surface area contributed by atoms with E-state index >= 15 is 0 Å². The highest BCUT2D eigenvalue weighted by Gasteiger charge is 2.25. The van der Waals surface area contributed by atoms with Crippen molar-refractivity contribution < 1.29 is 9.59 Å². The predicted octanol–water partition coefficient (Wildman–Crippen LogP) is 2.54. The van der Waals surface area contributed by atoms with Crippen molar-refractivity contribution >= 4 is 23.3 Å². The highest BCUT2D eigenvalue weighted by Crippen LogP contribution is 2.25. The van der Waals surface area contributed by atoms with Crippen LogP contribution in [-0.4, -0.2) is 18.0 Å². The summed E-state index contributed by atoms with van der Waals surface area (Å²) < 4.78 is 0. The van der Waals surface area contributed by atoms with E-state index < -0.39 is 6.03 Å². The third-order valence-electron chi connectivity index (χ3n) is 4.05. The molecule has 0 bridgehead atoms. The van der Waals surface area contributed by atoms with E-state index in [1.54, 1.807) is 0 Å². The number of carbonyl (C=O) groups is 2. The second kappa shape index (κ2) is 7.45. The van der Waals surface area contributed by atoms with Gasteiger partial charge in [0.05, 0.1) is 12.5 Å². The molecule has 2 rings (SSSR count). The van der Waals surface area contributed by atoms with Gasteiger partial charge in [0.2, 0.25) is 5.91 Å². The van der Waals surface area contributed by atoms with E-state index in [1.807, 2.05) is 17.5 Å². The Morgan fingerprint density at radius 3 is 2.81 bits per heavy atom. The lowest BCUT2D eigenvalue weighted by Crippen LogP contribution is -2.43. The molecule has 0 spiro atoms. The number of primary amides is 1. The Labute approximate surface area is 129 Å². The first-order valence-electron chi connectivity index (χ1n) is 7.45. The van der Waals surface area contributed by atoms with Crippen LogP contribution in [0.1, 0.15) is 49.9 Å². The van der Waals surface area contributed by atoms with Crippen molar-refractivity contribution in [2.75, 3.05) is 0 Å². The molecule has 0 unspecified atom stereocenters. The van der Waals surface area contributed by atoms with Crippen LogP contribution in [-0.2, 0) is 4.79 Å². The summed E-state index contributed by atoms with van der Waals surface area (Å²) >= 11 is 1.51. The zero-order valence-corrected chi connectivity index (χ0v) is 13.1. The lowest BCUT2D eigenvalue weighted by molar-refractivity contribution is -0.122. The summed E-state index contributed by atoms with van der Waals surface area (Å²) in [5.41, 5.74) is 5.20. The van der Waals surface area contributed by atoms with Crippen molar-refractivity contribution in [2.24, 2.45) is 11.7 Å². The van der Waals surface area contributed by atoms with Gasteiger partial charge < -0.3 is 16.4 Å². The Hall–Kier alpha value is -1.56. The van der Waals surface area contributed by atoms with E-state index in [0.717, 1.165) is 11.3 Å². The minimum atomic E-state index is -0.604. The van der Waals surface area contributed by atoms with Gasteiger partial charge in [-0.2, -0.15) is 0 Å². The number of amides is 3. The molecule has 6 heteroatoms. The third kappa shape index (κ3) is 4.74. The maximum absolute atomic E-state index is 12.2. The number of urea groups is 1. The normalized spacial score (nSPS) is 23.3. The second-order valence-electron chi connectivity index (χ2n) is 5.72. The lowest BCUT2D eigenvalue weighted by Gasteiger charge is -2.30. The monoisotopic (exact) mass is 309 g/mol. The van der Waals surface area contributed by atoms with Crippen LogP contribution in [0.15, 0.2) is 17.5 Å². The van der Waals surface area contributed by atoms with Crippen LogP contribution in [0.5, 0.6) is 0 Å². The van der Waals surface area contributed by atoms with Crippen LogP contribution in [0.25, 0.3) is 0 Å². The van der Waals surface area contributed by atoms with Crippen molar-refractivity contribution in [3.8, 4) is 0 Å². The molecule has 1 aromatic heterocycles. The molecule has 1 saturated carbocycles. The zero-order chi connectivity index (χ0) is 15.2. The molecule has 1 aliphatic rings. The van der Waals surface area contributed by atoms with Crippen LogP contribution in [0, 0.1) is 5.92 Å². The van der Waals surface area contributed by atoms with Gasteiger partial charge in [-0.05, 0) is 30.2 Å². The third-order valence-corrected chi connectivity index (χ3v) is 5.04. The van der Waals surface area contributed by atoms with Crippen LogP contribution in [0.3, 0.4) is 0 Å². The Bertz CT molecular complexity index is 475. The van der Waals surface area contributed by atoms with Gasteiger partial charge in [0.15, 0.2) is 0 Å². The highest BCUT2D eigenvalue weighted by atomic mass is 32.1. The lowest BCUT2D eigenvalue weighted by atomic mass is 9.86. The van der Waals surface area contributed by atoms with E-state index in [0.29, 0.717) is 5.92 Å². The largest absolute Gasteiger partial charge is 0.353 e. The summed E-state index contributed by atoms with van der Waals surface area (Å²) in [5.74, 6) is 0.493. The second-order valence-corrected chi connectivity index (χ2v) is 6.70. The molecule has 3 amide bonds. The Balaban J connectivity index is 1.93. The maximum atomic E-state index is 12.2. The standard InChI is InChI=1S/C15H23N3O2S/c1-10-5-2-3-6-11(10)17-14(19)9-12(18-15(16)20)13-7-4-8-21-13/h4,7-8,10-12H,2-3,5-6,9H2,1H3,(H,17,19)(H3,16,18,20)/t10-,11+,12-/m1/s1. The molecule has 3 atom stereocenters. The van der Waals surface area contributed by atoms with Crippen LogP contribution >= 0.6 is 11.3 Å². The summed E-state index contributed by atoms with van der Waals surface area (Å²) in [7, 11) is 0. The molecule has 0 aromatic carbocycles. The Kier molecular flexibility index (Phi) is 5.61. The SMILES string of the molecule is C[C@@H]1CCCC[C@@H]1NC(=O)C[C@@H](NC(N)=O)c1cccs1. The first-order valence-corrected chi connectivity index (χ1v) is 8.33. The molecule has 116 valence electrons. The average molecular weight is 309 g/mol. The summed E-state index contributed by atoms with van der Waals surface area (Å²) in [6, 6.07) is 3.11. The maximum Gasteiger partial charge on any atom is 0.312 e. The molecular weight excluding hydrogens is 286 g/mol. The van der Waals surface area contributed by atoms with Gasteiger partial charge in [-0.3, -0.25) is 4.79 Å². The number of rotatable bonds is 5. The first-order chi connectivity index (χ1) is 10.1. The van der Waals surface area contributed by atoms with Crippen molar-refractivity contribution in [1.82, 2.24) is 10.6 Å². The highest BCUT2D eigenvalue weighted by molar-refractivity contribution is 7.10. The predicted molar refractivity (Wildman–Crippen MR) is 84.0 cm³/mol. The molecule has 0 saturated heterocycles. The number of nitrogens with two attached hydrogens (primary N) is 1. The first kappa shape index (κ1) is 15.8. The van der Waals surface area contributed by atoms with Crippen LogP contribution in [0.2, 0.25) is 0 Å². The van der Waals surface area contributed by atoms with E-state index in [-0.39, 0.29) is 24.4 Å². The quantitative estimate of drug-likeness (QED) is 0.781. The average Bonchev–Trinajstić information content (AvgIpc) is 2.94. The van der Waals surface area contributed by atoms with Crippen LogP contribution < -0.4 is 16.4 Å². The van der Waals surface area contributed by atoms with Crippen molar-refractivity contribution in [3.05, 3.63) is 22.4 Å². The van der Waals surface area contributed by atoms with Crippen molar-refractivity contribution in [1.29, 1.82) is 0 Å². The fourth-order valence-corrected chi connectivity index (χ4v) is 3.64. The number of hydrogen-bond acceptors (Lipinski definition) is 3. The van der Waals surface area contributed by atoms with Gasteiger partial charge in [-0.15, -0.1) is 11.3 Å². The molecule has 4 N–H and O–H groups in total. The number of thiophene rings is 1. The Morgan fingerprint density at radius 1 is 1.43 bits per heavy atom. The van der Waals surface area contributed by atoms with Gasteiger partial charge in [-0.25, -0.2) is 4.79 Å². The summed E-state index contributed by atoms with van der Waals surface area (Å²) in [6.07, 6.45) is 4.85. The molecule has 5 nitrogen and oxygen atoms in total. The van der Waals surface area contributed by atoms with E-state index in [2.05, 4.69) is 17.6 Å². The van der Waals surface area contributed by atoms with Gasteiger partial charge >= 0.3 is 6.03 Å². The Morgan fingerprint density at radius 2 is 2.19 bits per heavy atom. The number of nitrogens with one attached hydrogen (secondary N) is 2. The molecule has 0 aliphatic heterocycles. The van der Waals surface area contributed by atoms with Crippen LogP contribution in [0.4, 0.5) is 4.79 Å². The van der Waals surface area contributed by atoms with Gasteiger partial charge in [0.1, 0.15) is 0 Å². The summed E-state index contributed by atoms with van der Waals surface area (Å²) in [4.78, 5) is 24.3. The molecule has 1 aromatic rings. The minimum absolute atomic E-state index is 0.0269. The topological polar surface area (TPSA) is 84.2 Å². The fraction of sp³-hybridized carbons (Fsp3) is 0.600. The molecule has 1 fully saturated rings. The molecular formula is C15H23N3O2S. The number of hydrogen-bond donors (Lipinski definition) is 3. The number of carbonyl (C=O) groups excluding carboxylic acids is 2. The van der Waals surface area contributed by atoms with Gasteiger partial charge in [-0.1, -0.05) is 25.8 Å². The van der Waals surface area contributed by atoms with Crippen molar-refractivity contribution in [2.45, 2.75) is 51.1 Å². The molecule has 0 radical (unpaired) electrons. The van der Waals surface area contributed by atoms with E-state index in [9.17, 15) is 9.59 Å². The smallest absolute Gasteiger partial charge is 0.312 e. The van der Waals surface area contributed by atoms with Gasteiger partial charge in [0.25, 0.3) is 0 Å².